The summed E-state index contributed by atoms with van der Waals surface area (Å²) in [4.78, 5) is 28.5. The van der Waals surface area contributed by atoms with Crippen LogP contribution in [-0.2, 0) is 9.59 Å². The zero-order valence-electron chi connectivity index (χ0n) is 11.7. The Hall–Kier alpha value is -1.10. The molecule has 1 N–H and O–H groups in total. The Morgan fingerprint density at radius 3 is 2.61 bits per heavy atom. The van der Waals surface area contributed by atoms with Gasteiger partial charge in [-0.15, -0.1) is 0 Å². The van der Waals surface area contributed by atoms with Crippen LogP contribution < -0.4 is 5.32 Å². The highest BCUT2D eigenvalue weighted by Gasteiger charge is 2.46. The lowest BCUT2D eigenvalue weighted by molar-refractivity contribution is -0.156. The van der Waals surface area contributed by atoms with Crippen LogP contribution in [0.25, 0.3) is 0 Å². The van der Waals surface area contributed by atoms with E-state index in [9.17, 15) is 9.59 Å². The first-order valence-electron chi connectivity index (χ1n) is 6.66. The Morgan fingerprint density at radius 2 is 2.00 bits per heavy atom. The molecule has 2 heterocycles. The van der Waals surface area contributed by atoms with Crippen LogP contribution in [0.1, 0.15) is 33.6 Å². The highest BCUT2D eigenvalue weighted by molar-refractivity contribution is 5.99. The van der Waals surface area contributed by atoms with Crippen molar-refractivity contribution < 1.29 is 9.59 Å². The number of piperidine rings is 1. The van der Waals surface area contributed by atoms with E-state index in [2.05, 4.69) is 17.3 Å². The van der Waals surface area contributed by atoms with Crippen molar-refractivity contribution in [3.63, 3.8) is 0 Å². The molecule has 0 radical (unpaired) electrons. The second-order valence-electron chi connectivity index (χ2n) is 6.06. The third-order valence-electron chi connectivity index (χ3n) is 3.99. The molecular formula is C13H23N3O2. The number of amides is 2. The minimum absolute atomic E-state index is 0.0369. The van der Waals surface area contributed by atoms with Crippen LogP contribution in [0.5, 0.6) is 0 Å². The van der Waals surface area contributed by atoms with Crippen molar-refractivity contribution >= 4 is 11.8 Å². The Kier molecular flexibility index (Phi) is 3.36. The molecule has 102 valence electrons. The van der Waals surface area contributed by atoms with Crippen LogP contribution >= 0.6 is 0 Å². The maximum absolute atomic E-state index is 12.5. The zero-order chi connectivity index (χ0) is 13.5. The van der Waals surface area contributed by atoms with E-state index in [1.807, 2.05) is 6.92 Å². The summed E-state index contributed by atoms with van der Waals surface area (Å²) in [7, 11) is 2.07. The molecule has 2 fully saturated rings. The quantitative estimate of drug-likeness (QED) is 0.726. The number of piperazine rings is 1. The number of carbonyl (C=O) groups is 2. The molecule has 5 nitrogen and oxygen atoms in total. The summed E-state index contributed by atoms with van der Waals surface area (Å²) in [5.74, 6) is -0.0114. The molecule has 18 heavy (non-hydrogen) atoms. The van der Waals surface area contributed by atoms with Crippen LogP contribution in [0.15, 0.2) is 0 Å². The molecule has 2 aliphatic rings. The van der Waals surface area contributed by atoms with Crippen LogP contribution in [0.4, 0.5) is 0 Å². The summed E-state index contributed by atoms with van der Waals surface area (Å²) < 4.78 is 0. The van der Waals surface area contributed by atoms with E-state index in [1.54, 1.807) is 18.7 Å². The Labute approximate surface area is 108 Å². The Bertz CT molecular complexity index is 367. The van der Waals surface area contributed by atoms with Gasteiger partial charge in [0.2, 0.25) is 11.8 Å². The lowest BCUT2D eigenvalue weighted by atomic mass is 9.93. The van der Waals surface area contributed by atoms with Gasteiger partial charge in [-0.3, -0.25) is 9.59 Å². The number of hydrogen-bond acceptors (Lipinski definition) is 3. The second-order valence-corrected chi connectivity index (χ2v) is 6.06. The molecular weight excluding hydrogens is 230 g/mol. The van der Waals surface area contributed by atoms with Gasteiger partial charge in [0.1, 0.15) is 11.6 Å². The van der Waals surface area contributed by atoms with Gasteiger partial charge in [0.05, 0.1) is 0 Å². The van der Waals surface area contributed by atoms with Crippen molar-refractivity contribution in [2.24, 2.45) is 0 Å². The first kappa shape index (κ1) is 13.3. The zero-order valence-corrected chi connectivity index (χ0v) is 11.7. The number of hydrogen-bond donors (Lipinski definition) is 1. The fraction of sp³-hybridized carbons (Fsp3) is 0.846. The average molecular weight is 253 g/mol. The second kappa shape index (κ2) is 4.53. The summed E-state index contributed by atoms with van der Waals surface area (Å²) in [6, 6.07) is -0.196. The lowest BCUT2D eigenvalue weighted by Gasteiger charge is -2.47. The molecule has 2 unspecified atom stereocenters. The monoisotopic (exact) mass is 253 g/mol. The molecule has 2 rings (SSSR count). The summed E-state index contributed by atoms with van der Waals surface area (Å²) in [6.07, 6.45) is 2.07. The highest BCUT2D eigenvalue weighted by Crippen LogP contribution is 2.24. The molecule has 2 atom stereocenters. The predicted octanol–water partition coefficient (Wildman–Crippen LogP) is 0.206. The van der Waals surface area contributed by atoms with E-state index >= 15 is 0 Å². The highest BCUT2D eigenvalue weighted by atomic mass is 16.2. The van der Waals surface area contributed by atoms with Crippen molar-refractivity contribution in [2.45, 2.75) is 51.2 Å². The molecule has 0 aliphatic carbocycles. The van der Waals surface area contributed by atoms with Crippen LogP contribution in [-0.4, -0.2) is 59.4 Å². The fourth-order valence-electron chi connectivity index (χ4n) is 2.94. The SMILES string of the molecule is CC1C(=O)NC(C)(C)C(=O)N1C1CCCN(C)C1. The number of nitrogens with one attached hydrogen (secondary N) is 1. The van der Waals surface area contributed by atoms with Crippen LogP contribution in [0, 0.1) is 0 Å². The van der Waals surface area contributed by atoms with Crippen LogP contribution in [0.2, 0.25) is 0 Å². The Balaban J connectivity index is 2.22. The van der Waals surface area contributed by atoms with Gasteiger partial charge in [-0.2, -0.15) is 0 Å². The summed E-state index contributed by atoms with van der Waals surface area (Å²) >= 11 is 0. The van der Waals surface area contributed by atoms with E-state index in [1.165, 1.54) is 0 Å². The molecule has 2 amide bonds. The maximum atomic E-state index is 12.5. The van der Waals surface area contributed by atoms with Gasteiger partial charge in [0, 0.05) is 12.6 Å². The van der Waals surface area contributed by atoms with E-state index in [4.69, 9.17) is 0 Å². The molecule has 0 bridgehead atoms. The van der Waals surface area contributed by atoms with Gasteiger partial charge >= 0.3 is 0 Å². The van der Waals surface area contributed by atoms with Crippen molar-refractivity contribution in [3.8, 4) is 0 Å². The molecule has 0 spiro atoms. The number of nitrogens with zero attached hydrogens (tertiary/aromatic N) is 2. The largest absolute Gasteiger partial charge is 0.340 e. The van der Waals surface area contributed by atoms with Gasteiger partial charge in [-0.05, 0) is 47.2 Å². The average Bonchev–Trinajstić information content (AvgIpc) is 2.27. The molecule has 2 saturated heterocycles. The smallest absolute Gasteiger partial charge is 0.248 e. The molecule has 0 aromatic carbocycles. The summed E-state index contributed by atoms with van der Waals surface area (Å²) in [5.41, 5.74) is -0.778. The van der Waals surface area contributed by atoms with E-state index in [0.29, 0.717) is 0 Å². The van der Waals surface area contributed by atoms with E-state index in [-0.39, 0.29) is 23.9 Å². The first-order valence-corrected chi connectivity index (χ1v) is 6.66. The topological polar surface area (TPSA) is 52.7 Å². The Morgan fingerprint density at radius 1 is 1.33 bits per heavy atom. The van der Waals surface area contributed by atoms with Gasteiger partial charge in [0.25, 0.3) is 0 Å². The standard InChI is InChI=1S/C13H23N3O2/c1-9-11(17)14-13(2,3)12(18)16(9)10-6-5-7-15(4)8-10/h9-10H,5-8H2,1-4H3,(H,14,17). The van der Waals surface area contributed by atoms with E-state index in [0.717, 1.165) is 25.9 Å². The van der Waals surface area contributed by atoms with Crippen molar-refractivity contribution in [2.75, 3.05) is 20.1 Å². The lowest BCUT2D eigenvalue weighted by Crippen LogP contribution is -2.70. The third kappa shape index (κ3) is 2.23. The minimum atomic E-state index is -0.778. The number of likely N-dealkylation sites (tertiary alicyclic amines) is 1. The molecule has 2 aliphatic heterocycles. The van der Waals surface area contributed by atoms with Gasteiger partial charge in [0.15, 0.2) is 0 Å². The van der Waals surface area contributed by atoms with Crippen LogP contribution in [0.3, 0.4) is 0 Å². The summed E-state index contributed by atoms with van der Waals surface area (Å²) in [5, 5.41) is 2.79. The molecule has 5 heteroatoms. The van der Waals surface area contributed by atoms with Gasteiger partial charge in [-0.25, -0.2) is 0 Å². The fourth-order valence-corrected chi connectivity index (χ4v) is 2.94. The normalized spacial score (nSPS) is 33.4. The number of carbonyl (C=O) groups excluding carboxylic acids is 2. The minimum Gasteiger partial charge on any atom is -0.340 e. The first-order chi connectivity index (χ1) is 8.33. The number of likely N-dealkylation sites (N-methyl/N-ethyl adjacent to an activating group) is 1. The summed E-state index contributed by atoms with van der Waals surface area (Å²) in [6.45, 7) is 7.30. The van der Waals surface area contributed by atoms with Crippen molar-refractivity contribution in [1.82, 2.24) is 15.1 Å². The predicted molar refractivity (Wildman–Crippen MR) is 69.0 cm³/mol. The van der Waals surface area contributed by atoms with E-state index < -0.39 is 5.54 Å². The third-order valence-corrected chi connectivity index (χ3v) is 3.99. The van der Waals surface area contributed by atoms with Crippen molar-refractivity contribution in [1.29, 1.82) is 0 Å². The molecule has 0 aromatic rings. The van der Waals surface area contributed by atoms with Gasteiger partial charge < -0.3 is 15.1 Å². The number of rotatable bonds is 1. The van der Waals surface area contributed by atoms with Crippen molar-refractivity contribution in [3.05, 3.63) is 0 Å². The molecule has 0 saturated carbocycles. The van der Waals surface area contributed by atoms with Gasteiger partial charge in [-0.1, -0.05) is 0 Å². The maximum Gasteiger partial charge on any atom is 0.248 e. The molecule has 0 aromatic heterocycles.